The van der Waals surface area contributed by atoms with Crippen LogP contribution in [0.15, 0.2) is 12.1 Å². The Kier molecular flexibility index (Phi) is 6.02. The quantitative estimate of drug-likeness (QED) is 0.607. The number of fused-ring (bicyclic) bond motifs is 4. The van der Waals surface area contributed by atoms with Crippen molar-refractivity contribution in [3.8, 4) is 6.01 Å². The molecule has 210 valence electrons. The van der Waals surface area contributed by atoms with Gasteiger partial charge >= 0.3 is 6.01 Å². The van der Waals surface area contributed by atoms with E-state index >= 15 is 0 Å². The Labute approximate surface area is 228 Å². The molecule has 0 amide bonds. The van der Waals surface area contributed by atoms with E-state index < -0.39 is 17.4 Å². The van der Waals surface area contributed by atoms with Crippen molar-refractivity contribution in [2.24, 2.45) is 0 Å². The SMILES string of the molecule is C[C@@]1(O)CCCN(c2nc(OC[C@@]34CCCN3C[C@H](F)C4)nc3c2CO[C@]2(CCCc4ccc(N)nc42)C3)C1. The van der Waals surface area contributed by atoms with E-state index in [1.807, 2.05) is 13.0 Å². The molecule has 2 aromatic heterocycles. The largest absolute Gasteiger partial charge is 0.461 e. The van der Waals surface area contributed by atoms with Crippen molar-refractivity contribution in [1.29, 1.82) is 0 Å². The summed E-state index contributed by atoms with van der Waals surface area (Å²) in [5.41, 5.74) is 8.42. The number of alkyl halides is 1. The third-order valence-corrected chi connectivity index (χ3v) is 9.66. The lowest BCUT2D eigenvalue weighted by Gasteiger charge is -2.43. The number of aromatic nitrogens is 3. The summed E-state index contributed by atoms with van der Waals surface area (Å²) in [4.78, 5) is 19.0. The average molecular weight is 539 g/mol. The molecule has 2 aromatic rings. The first-order valence-corrected chi connectivity index (χ1v) is 14.5. The van der Waals surface area contributed by atoms with Gasteiger partial charge in [0.1, 0.15) is 30.0 Å². The van der Waals surface area contributed by atoms with E-state index in [-0.39, 0.29) is 5.54 Å². The second-order valence-electron chi connectivity index (χ2n) is 12.7. The maximum Gasteiger partial charge on any atom is 0.318 e. The fourth-order valence-corrected chi connectivity index (χ4v) is 7.79. The minimum atomic E-state index is -0.812. The highest BCUT2D eigenvalue weighted by atomic mass is 19.1. The van der Waals surface area contributed by atoms with Gasteiger partial charge < -0.3 is 25.2 Å². The molecular formula is C29H39FN6O3. The molecule has 4 aliphatic heterocycles. The zero-order chi connectivity index (χ0) is 26.8. The van der Waals surface area contributed by atoms with Gasteiger partial charge in [0.05, 0.1) is 29.1 Å². The molecule has 1 spiro atoms. The fourth-order valence-electron chi connectivity index (χ4n) is 7.79. The molecule has 4 atom stereocenters. The summed E-state index contributed by atoms with van der Waals surface area (Å²) in [5, 5.41) is 10.9. The topological polar surface area (TPSA) is 110 Å². The van der Waals surface area contributed by atoms with E-state index in [0.29, 0.717) is 51.0 Å². The Bertz CT molecular complexity index is 1280. The van der Waals surface area contributed by atoms with Gasteiger partial charge in [0.25, 0.3) is 0 Å². The van der Waals surface area contributed by atoms with Crippen LogP contribution < -0.4 is 15.4 Å². The summed E-state index contributed by atoms with van der Waals surface area (Å²) in [7, 11) is 0. The highest BCUT2D eigenvalue weighted by Gasteiger charge is 2.50. The van der Waals surface area contributed by atoms with Gasteiger partial charge in [0.2, 0.25) is 0 Å². The minimum absolute atomic E-state index is 0.276. The molecule has 0 aromatic carbocycles. The number of ether oxygens (including phenoxy) is 2. The van der Waals surface area contributed by atoms with Crippen LogP contribution in [0.3, 0.4) is 0 Å². The lowest BCUT2D eigenvalue weighted by Crippen LogP contribution is -2.48. The van der Waals surface area contributed by atoms with E-state index in [1.165, 1.54) is 5.56 Å². The number of rotatable bonds is 4. The summed E-state index contributed by atoms with van der Waals surface area (Å²) in [6, 6.07) is 4.26. The summed E-state index contributed by atoms with van der Waals surface area (Å²) in [5.74, 6) is 1.27. The molecule has 3 fully saturated rings. The predicted octanol–water partition coefficient (Wildman–Crippen LogP) is 3.06. The zero-order valence-corrected chi connectivity index (χ0v) is 22.8. The number of pyridine rings is 1. The smallest absolute Gasteiger partial charge is 0.318 e. The zero-order valence-electron chi connectivity index (χ0n) is 22.8. The number of hydrogen-bond donors (Lipinski definition) is 2. The number of nitrogen functional groups attached to an aromatic ring is 1. The third kappa shape index (κ3) is 4.44. The molecule has 3 N–H and O–H groups in total. The van der Waals surface area contributed by atoms with Crippen LogP contribution in [-0.2, 0) is 29.8 Å². The molecule has 0 unspecified atom stereocenters. The Balaban J connectivity index is 1.25. The lowest BCUT2D eigenvalue weighted by molar-refractivity contribution is -0.0886. The number of anilines is 2. The van der Waals surface area contributed by atoms with Gasteiger partial charge in [-0.05, 0) is 70.0 Å². The first-order valence-electron chi connectivity index (χ1n) is 14.5. The number of aryl methyl sites for hydroxylation is 1. The van der Waals surface area contributed by atoms with Crippen LogP contribution >= 0.6 is 0 Å². The van der Waals surface area contributed by atoms with Gasteiger partial charge in [-0.15, -0.1) is 0 Å². The van der Waals surface area contributed by atoms with Crippen molar-refractivity contribution >= 4 is 11.6 Å². The monoisotopic (exact) mass is 538 g/mol. The van der Waals surface area contributed by atoms with Crippen LogP contribution in [0.2, 0.25) is 0 Å². The van der Waals surface area contributed by atoms with E-state index in [9.17, 15) is 9.50 Å². The Morgan fingerprint density at radius 1 is 1.15 bits per heavy atom. The molecule has 7 rings (SSSR count). The standard InChI is InChI=1S/C29H39FN6O3/c1-27(37)8-3-11-35(17-27)25-21-16-39-29(10-2-5-19-6-7-23(31)33-24(19)29)14-22(21)32-26(34-25)38-18-28-9-4-12-36(28)15-20(30)13-28/h6-7,20,37H,2-5,8-18H2,1H3,(H2,31,33)/t20-,27-,28+,29-/m1/s1. The number of halogens is 1. The maximum absolute atomic E-state index is 14.4. The van der Waals surface area contributed by atoms with E-state index in [2.05, 4.69) is 15.9 Å². The molecule has 1 aliphatic carbocycles. The summed E-state index contributed by atoms with van der Waals surface area (Å²) >= 11 is 0. The minimum Gasteiger partial charge on any atom is -0.461 e. The second-order valence-corrected chi connectivity index (χ2v) is 12.7. The predicted molar refractivity (Wildman–Crippen MR) is 144 cm³/mol. The number of piperidine rings is 1. The van der Waals surface area contributed by atoms with Crippen LogP contribution in [0, 0.1) is 0 Å². The van der Waals surface area contributed by atoms with E-state index in [0.717, 1.165) is 80.8 Å². The van der Waals surface area contributed by atoms with Crippen molar-refractivity contribution in [1.82, 2.24) is 19.9 Å². The summed E-state index contributed by atoms with van der Waals surface area (Å²) in [6.07, 6.45) is 6.69. The van der Waals surface area contributed by atoms with Gasteiger partial charge in [0, 0.05) is 38.0 Å². The number of nitrogens with zero attached hydrogens (tertiary/aromatic N) is 5. The van der Waals surface area contributed by atoms with Crippen molar-refractivity contribution in [3.63, 3.8) is 0 Å². The highest BCUT2D eigenvalue weighted by molar-refractivity contribution is 5.52. The first kappa shape index (κ1) is 25.4. The van der Waals surface area contributed by atoms with E-state index in [4.69, 9.17) is 30.2 Å². The van der Waals surface area contributed by atoms with E-state index in [1.54, 1.807) is 0 Å². The number of hydrogen-bond acceptors (Lipinski definition) is 9. The maximum atomic E-state index is 14.4. The molecule has 9 nitrogen and oxygen atoms in total. The molecule has 10 heteroatoms. The number of β-amino-alcohol motifs (C(OH)–C–C–N with tert-alkyl or cyclic N) is 1. The van der Waals surface area contributed by atoms with Crippen molar-refractivity contribution < 1.29 is 19.0 Å². The average Bonchev–Trinajstić information content (AvgIpc) is 3.42. The van der Waals surface area contributed by atoms with Gasteiger partial charge in [0.15, 0.2) is 0 Å². The normalized spacial score (nSPS) is 34.1. The molecule has 6 heterocycles. The number of aliphatic hydroxyl groups is 1. The van der Waals surface area contributed by atoms with Crippen LogP contribution in [0.1, 0.15) is 74.4 Å². The first-order chi connectivity index (χ1) is 18.7. The fraction of sp³-hybridized carbons (Fsp3) is 0.690. The van der Waals surface area contributed by atoms with Crippen molar-refractivity contribution in [2.45, 2.75) is 94.2 Å². The summed E-state index contributed by atoms with van der Waals surface area (Å²) in [6.45, 7) is 5.31. The Morgan fingerprint density at radius 2 is 2.03 bits per heavy atom. The van der Waals surface area contributed by atoms with Gasteiger partial charge in [-0.2, -0.15) is 9.97 Å². The molecule has 5 aliphatic rings. The van der Waals surface area contributed by atoms with Gasteiger partial charge in [-0.1, -0.05) is 6.07 Å². The molecular weight excluding hydrogens is 499 g/mol. The molecule has 39 heavy (non-hydrogen) atoms. The van der Waals surface area contributed by atoms with Gasteiger partial charge in [-0.3, -0.25) is 4.90 Å². The Hall–Kier alpha value is -2.56. The van der Waals surface area contributed by atoms with Crippen LogP contribution in [0.4, 0.5) is 16.0 Å². The molecule has 0 bridgehead atoms. The molecule has 0 radical (unpaired) electrons. The van der Waals surface area contributed by atoms with Crippen LogP contribution in [0.25, 0.3) is 0 Å². The Morgan fingerprint density at radius 3 is 2.90 bits per heavy atom. The van der Waals surface area contributed by atoms with Crippen molar-refractivity contribution in [2.75, 3.05) is 43.4 Å². The number of nitrogens with two attached hydrogens (primary N) is 1. The summed E-state index contributed by atoms with van der Waals surface area (Å²) < 4.78 is 27.4. The van der Waals surface area contributed by atoms with Gasteiger partial charge in [-0.25, -0.2) is 9.37 Å². The van der Waals surface area contributed by atoms with Crippen molar-refractivity contribution in [3.05, 3.63) is 34.6 Å². The molecule has 3 saturated heterocycles. The van der Waals surface area contributed by atoms with Crippen LogP contribution in [-0.4, -0.2) is 75.1 Å². The lowest BCUT2D eigenvalue weighted by atomic mass is 9.77. The van der Waals surface area contributed by atoms with Crippen LogP contribution in [0.5, 0.6) is 6.01 Å². The second kappa shape index (κ2) is 9.24. The molecule has 0 saturated carbocycles. The highest BCUT2D eigenvalue weighted by Crippen LogP contribution is 2.46. The third-order valence-electron chi connectivity index (χ3n) is 9.66.